The third kappa shape index (κ3) is 5.55. The van der Waals surface area contributed by atoms with Crippen LogP contribution in [0.15, 0.2) is 24.3 Å². The fraction of sp³-hybridized carbons (Fsp3) is 0.455. The highest BCUT2D eigenvalue weighted by atomic mass is 127. The quantitative estimate of drug-likeness (QED) is 0.545. The lowest BCUT2D eigenvalue weighted by atomic mass is 10.2. The molecule has 0 saturated carbocycles. The topological polar surface area (TPSA) is 27.7 Å². The maximum atomic E-state index is 5.58. The summed E-state index contributed by atoms with van der Waals surface area (Å²) < 4.78 is 17.5. The fourth-order valence-corrected chi connectivity index (χ4v) is 2.58. The summed E-state index contributed by atoms with van der Waals surface area (Å²) in [5, 5.41) is 0. The molecule has 0 heterocycles. The molecular weight excluding hydrogens is 338 g/mol. The second kappa shape index (κ2) is 8.37. The Morgan fingerprint density at radius 2 is 1.81 bits per heavy atom. The van der Waals surface area contributed by atoms with Crippen molar-refractivity contribution in [2.24, 2.45) is 0 Å². The van der Waals surface area contributed by atoms with Gasteiger partial charge in [0.25, 0.3) is 0 Å². The molecule has 0 amide bonds. The Bertz CT molecular complexity index is 303. The molecule has 16 heavy (non-hydrogen) atoms. The highest BCUT2D eigenvalue weighted by Crippen LogP contribution is 2.40. The predicted molar refractivity (Wildman–Crippen MR) is 74.1 cm³/mol. The van der Waals surface area contributed by atoms with E-state index in [1.165, 1.54) is 3.57 Å². The lowest BCUT2D eigenvalue weighted by Gasteiger charge is -2.14. The molecule has 0 fully saturated rings. The summed E-state index contributed by atoms with van der Waals surface area (Å²) in [6, 6.07) is 8.20. The second-order valence-corrected chi connectivity index (χ2v) is 5.43. The molecule has 0 spiro atoms. The molecule has 0 aliphatic carbocycles. The maximum Gasteiger partial charge on any atom is 0.332 e. The smallest absolute Gasteiger partial charge is 0.313 e. The van der Waals surface area contributed by atoms with Gasteiger partial charge in [0.1, 0.15) is 0 Å². The van der Waals surface area contributed by atoms with Crippen molar-refractivity contribution in [2.45, 2.75) is 20.5 Å². The van der Waals surface area contributed by atoms with E-state index >= 15 is 0 Å². The molecule has 0 aliphatic rings. The van der Waals surface area contributed by atoms with Gasteiger partial charge in [0.15, 0.2) is 0 Å². The Kier molecular flexibility index (Phi) is 7.49. The Hall–Kier alpha value is 0.260. The number of hydrogen-bond acceptors (Lipinski definition) is 3. The molecule has 1 aromatic carbocycles. The molecule has 0 N–H and O–H groups in total. The van der Waals surface area contributed by atoms with E-state index in [4.69, 9.17) is 13.6 Å². The number of halogens is 1. The average Bonchev–Trinajstić information content (AvgIpc) is 2.27. The second-order valence-electron chi connectivity index (χ2n) is 2.96. The molecule has 0 bridgehead atoms. The van der Waals surface area contributed by atoms with Gasteiger partial charge in [-0.15, -0.1) is 0 Å². The standard InChI is InChI=1S/C11H16IO3P/c1-3-13-16(14-4-2)15-9-10-6-5-7-11(12)8-10/h5-8H,3-4,9H2,1-2H3. The third-order valence-electron chi connectivity index (χ3n) is 1.69. The van der Waals surface area contributed by atoms with Crippen molar-refractivity contribution in [3.8, 4) is 0 Å². The molecule has 1 aromatic rings. The zero-order valence-electron chi connectivity index (χ0n) is 9.48. The van der Waals surface area contributed by atoms with Crippen molar-refractivity contribution in [2.75, 3.05) is 13.2 Å². The van der Waals surface area contributed by atoms with Crippen LogP contribution in [0.5, 0.6) is 0 Å². The molecule has 0 radical (unpaired) electrons. The van der Waals surface area contributed by atoms with E-state index < -0.39 is 8.60 Å². The van der Waals surface area contributed by atoms with E-state index in [2.05, 4.69) is 34.7 Å². The van der Waals surface area contributed by atoms with Crippen LogP contribution in [0.4, 0.5) is 0 Å². The van der Waals surface area contributed by atoms with Crippen LogP contribution in [0.1, 0.15) is 19.4 Å². The number of hydrogen-bond donors (Lipinski definition) is 0. The molecule has 0 unspecified atom stereocenters. The van der Waals surface area contributed by atoms with E-state index in [0.29, 0.717) is 19.8 Å². The summed E-state index contributed by atoms with van der Waals surface area (Å²) in [5.41, 5.74) is 1.14. The molecule has 3 nitrogen and oxygen atoms in total. The minimum absolute atomic E-state index is 0.530. The largest absolute Gasteiger partial charge is 0.332 e. The van der Waals surface area contributed by atoms with Gasteiger partial charge in [0, 0.05) is 3.57 Å². The average molecular weight is 354 g/mol. The summed E-state index contributed by atoms with van der Waals surface area (Å²) in [5.74, 6) is 0. The van der Waals surface area contributed by atoms with E-state index in [0.717, 1.165) is 5.56 Å². The number of benzene rings is 1. The summed E-state index contributed by atoms with van der Waals surface area (Å²) in [6.45, 7) is 5.62. The summed E-state index contributed by atoms with van der Waals surface area (Å²) >= 11 is 2.28. The van der Waals surface area contributed by atoms with Crippen molar-refractivity contribution < 1.29 is 13.6 Å². The zero-order valence-corrected chi connectivity index (χ0v) is 12.5. The molecule has 0 aliphatic heterocycles. The Morgan fingerprint density at radius 3 is 2.38 bits per heavy atom. The minimum Gasteiger partial charge on any atom is -0.313 e. The van der Waals surface area contributed by atoms with E-state index in [1.54, 1.807) is 0 Å². The fourth-order valence-electron chi connectivity index (χ4n) is 1.08. The maximum absolute atomic E-state index is 5.58. The van der Waals surface area contributed by atoms with Crippen LogP contribution in [0, 0.1) is 3.57 Å². The van der Waals surface area contributed by atoms with Crippen molar-refractivity contribution in [1.29, 1.82) is 0 Å². The van der Waals surface area contributed by atoms with Crippen molar-refractivity contribution in [1.82, 2.24) is 0 Å². The first-order valence-corrected chi connectivity index (χ1v) is 7.37. The van der Waals surface area contributed by atoms with Crippen LogP contribution in [0.2, 0.25) is 0 Å². The zero-order chi connectivity index (χ0) is 11.8. The van der Waals surface area contributed by atoms with Gasteiger partial charge in [0.05, 0.1) is 19.8 Å². The SMILES string of the molecule is CCOP(OCC)OCc1cccc(I)c1. The van der Waals surface area contributed by atoms with Crippen molar-refractivity contribution in [3.63, 3.8) is 0 Å². The van der Waals surface area contributed by atoms with Gasteiger partial charge in [0.2, 0.25) is 0 Å². The van der Waals surface area contributed by atoms with E-state index in [1.807, 2.05) is 26.0 Å². The first-order chi connectivity index (χ1) is 7.76. The van der Waals surface area contributed by atoms with Gasteiger partial charge in [-0.05, 0) is 54.1 Å². The van der Waals surface area contributed by atoms with Crippen LogP contribution in [0.3, 0.4) is 0 Å². The van der Waals surface area contributed by atoms with E-state index in [-0.39, 0.29) is 0 Å². The van der Waals surface area contributed by atoms with Gasteiger partial charge in [-0.2, -0.15) is 0 Å². The molecule has 0 aromatic heterocycles. The van der Waals surface area contributed by atoms with Gasteiger partial charge in [-0.25, -0.2) is 0 Å². The molecule has 0 atom stereocenters. The lowest BCUT2D eigenvalue weighted by molar-refractivity contribution is 0.164. The summed E-state index contributed by atoms with van der Waals surface area (Å²) in [6.07, 6.45) is 0. The van der Waals surface area contributed by atoms with Crippen LogP contribution < -0.4 is 0 Å². The highest BCUT2D eigenvalue weighted by molar-refractivity contribution is 14.1. The number of rotatable bonds is 7. The molecule has 5 heteroatoms. The molecule has 0 saturated heterocycles. The van der Waals surface area contributed by atoms with Crippen molar-refractivity contribution in [3.05, 3.63) is 33.4 Å². The van der Waals surface area contributed by atoms with E-state index in [9.17, 15) is 0 Å². The first kappa shape index (κ1) is 14.3. The van der Waals surface area contributed by atoms with Gasteiger partial charge < -0.3 is 13.6 Å². The summed E-state index contributed by atoms with van der Waals surface area (Å²) in [4.78, 5) is 0. The summed E-state index contributed by atoms with van der Waals surface area (Å²) in [7, 11) is -1.20. The molecule has 1 rings (SSSR count). The lowest BCUT2D eigenvalue weighted by Crippen LogP contribution is -1.96. The Balaban J connectivity index is 2.41. The monoisotopic (exact) mass is 354 g/mol. The van der Waals surface area contributed by atoms with Gasteiger partial charge >= 0.3 is 8.60 Å². The minimum atomic E-state index is -1.20. The van der Waals surface area contributed by atoms with Crippen LogP contribution in [-0.4, -0.2) is 13.2 Å². The van der Waals surface area contributed by atoms with Crippen LogP contribution in [0.25, 0.3) is 0 Å². The Morgan fingerprint density at radius 1 is 1.12 bits per heavy atom. The van der Waals surface area contributed by atoms with Crippen molar-refractivity contribution >= 4 is 31.2 Å². The third-order valence-corrected chi connectivity index (χ3v) is 3.64. The molecule has 90 valence electrons. The van der Waals surface area contributed by atoms with Crippen LogP contribution in [-0.2, 0) is 20.2 Å². The highest BCUT2D eigenvalue weighted by Gasteiger charge is 2.10. The predicted octanol–water partition coefficient (Wildman–Crippen LogP) is 4.11. The van der Waals surface area contributed by atoms with Gasteiger partial charge in [-0.1, -0.05) is 12.1 Å². The van der Waals surface area contributed by atoms with Gasteiger partial charge in [-0.3, -0.25) is 0 Å². The first-order valence-electron chi connectivity index (χ1n) is 5.19. The normalized spacial score (nSPS) is 11.0. The van der Waals surface area contributed by atoms with Crippen LogP contribution >= 0.6 is 31.2 Å². The molecular formula is C11H16IO3P. The Labute approximate surface area is 112 Å².